The first-order valence-electron chi connectivity index (χ1n) is 10.9. The third-order valence-electron chi connectivity index (χ3n) is 6.53. The van der Waals surface area contributed by atoms with Crippen LogP contribution in [0.1, 0.15) is 54.5 Å². The Morgan fingerprint density at radius 1 is 1.21 bits per heavy atom. The fraction of sp³-hybridized carbons (Fsp3) is 0.522. The maximum absolute atomic E-state index is 13.2. The lowest BCUT2D eigenvalue weighted by atomic mass is 9.89. The third kappa shape index (κ3) is 4.01. The molecule has 3 heterocycles. The molecule has 3 aromatic heterocycles. The van der Waals surface area contributed by atoms with E-state index in [1.807, 2.05) is 23.0 Å². The van der Waals surface area contributed by atoms with Gasteiger partial charge in [-0.2, -0.15) is 0 Å². The molecule has 0 radical (unpaired) electrons. The van der Waals surface area contributed by atoms with Gasteiger partial charge in [-0.15, -0.1) is 11.3 Å². The van der Waals surface area contributed by atoms with Crippen molar-refractivity contribution in [1.29, 1.82) is 0 Å². The van der Waals surface area contributed by atoms with Gasteiger partial charge in [0.05, 0.1) is 11.7 Å². The Kier molecular flexibility index (Phi) is 5.46. The summed E-state index contributed by atoms with van der Waals surface area (Å²) < 4.78 is 1.89. The van der Waals surface area contributed by atoms with Crippen molar-refractivity contribution in [3.8, 4) is 0 Å². The molecule has 152 valence electrons. The Morgan fingerprint density at radius 3 is 2.93 bits per heavy atom. The van der Waals surface area contributed by atoms with E-state index in [0.717, 1.165) is 42.6 Å². The van der Waals surface area contributed by atoms with E-state index in [1.54, 1.807) is 17.7 Å². The van der Waals surface area contributed by atoms with E-state index in [0.29, 0.717) is 12.0 Å². The molecule has 1 atom stereocenters. The highest BCUT2D eigenvalue weighted by molar-refractivity contribution is 7.18. The van der Waals surface area contributed by atoms with Crippen LogP contribution in [0, 0.1) is 5.92 Å². The lowest BCUT2D eigenvalue weighted by molar-refractivity contribution is 0.315. The second-order valence-corrected chi connectivity index (χ2v) is 9.66. The number of pyridine rings is 1. The predicted octanol–water partition coefficient (Wildman–Crippen LogP) is 4.08. The second kappa shape index (κ2) is 8.36. The summed E-state index contributed by atoms with van der Waals surface area (Å²) in [6, 6.07) is 4.53. The molecule has 0 aromatic carbocycles. The number of nitrogens with one attached hydrogen (secondary N) is 1. The highest BCUT2D eigenvalue weighted by atomic mass is 32.1. The molecule has 1 fully saturated rings. The van der Waals surface area contributed by atoms with Crippen LogP contribution in [-0.4, -0.2) is 20.6 Å². The molecule has 5 rings (SSSR count). The molecule has 2 aliphatic rings. The van der Waals surface area contributed by atoms with Crippen molar-refractivity contribution in [2.45, 2.75) is 70.5 Å². The highest BCUT2D eigenvalue weighted by Gasteiger charge is 2.25. The van der Waals surface area contributed by atoms with E-state index in [9.17, 15) is 4.79 Å². The molecule has 3 aromatic rings. The first-order chi connectivity index (χ1) is 14.3. The summed E-state index contributed by atoms with van der Waals surface area (Å²) in [5.74, 6) is 0.635. The number of rotatable bonds is 5. The number of hydrogen-bond acceptors (Lipinski definition) is 5. The zero-order valence-corrected chi connectivity index (χ0v) is 17.6. The van der Waals surface area contributed by atoms with Gasteiger partial charge in [0.25, 0.3) is 5.56 Å². The van der Waals surface area contributed by atoms with Gasteiger partial charge in [-0.1, -0.05) is 25.3 Å². The van der Waals surface area contributed by atoms with Crippen LogP contribution in [0.25, 0.3) is 10.2 Å². The van der Waals surface area contributed by atoms with Crippen LogP contribution in [0.3, 0.4) is 0 Å². The van der Waals surface area contributed by atoms with E-state index in [1.165, 1.54) is 48.1 Å². The molecule has 0 aliphatic heterocycles. The Hall–Kier alpha value is -2.05. The molecular weight excluding hydrogens is 380 g/mol. The number of aromatic nitrogens is 3. The fourth-order valence-corrected chi connectivity index (χ4v) is 6.18. The van der Waals surface area contributed by atoms with Gasteiger partial charge in [0, 0.05) is 36.4 Å². The summed E-state index contributed by atoms with van der Waals surface area (Å²) in [7, 11) is 0. The van der Waals surface area contributed by atoms with Crippen molar-refractivity contribution >= 4 is 21.6 Å². The molecule has 5 nitrogen and oxygen atoms in total. The van der Waals surface area contributed by atoms with Crippen LogP contribution >= 0.6 is 11.3 Å². The summed E-state index contributed by atoms with van der Waals surface area (Å²) in [5.41, 5.74) is 2.65. The summed E-state index contributed by atoms with van der Waals surface area (Å²) in [4.78, 5) is 24.4. The maximum atomic E-state index is 13.2. The van der Waals surface area contributed by atoms with Gasteiger partial charge in [-0.25, -0.2) is 4.98 Å². The zero-order chi connectivity index (χ0) is 19.6. The van der Waals surface area contributed by atoms with Gasteiger partial charge >= 0.3 is 0 Å². The Labute approximate surface area is 175 Å². The number of hydrogen-bond donors (Lipinski definition) is 1. The molecule has 29 heavy (non-hydrogen) atoms. The number of aryl methyl sites for hydroxylation is 1. The van der Waals surface area contributed by atoms with Gasteiger partial charge in [0.15, 0.2) is 0 Å². The third-order valence-corrected chi connectivity index (χ3v) is 7.70. The van der Waals surface area contributed by atoms with E-state index in [4.69, 9.17) is 0 Å². The topological polar surface area (TPSA) is 59.8 Å². The first kappa shape index (κ1) is 18.9. The van der Waals surface area contributed by atoms with Crippen LogP contribution in [0.5, 0.6) is 0 Å². The lowest BCUT2D eigenvalue weighted by Gasteiger charge is -2.23. The van der Waals surface area contributed by atoms with E-state index >= 15 is 0 Å². The van der Waals surface area contributed by atoms with E-state index < -0.39 is 0 Å². The van der Waals surface area contributed by atoms with Crippen LogP contribution in [0.2, 0.25) is 0 Å². The number of fused-ring (bicyclic) bond motifs is 3. The van der Waals surface area contributed by atoms with Crippen LogP contribution < -0.4 is 10.9 Å². The minimum atomic E-state index is 0.180. The molecule has 0 spiro atoms. The van der Waals surface area contributed by atoms with Gasteiger partial charge in [0.1, 0.15) is 4.83 Å². The smallest absolute Gasteiger partial charge is 0.262 e. The zero-order valence-electron chi connectivity index (χ0n) is 16.8. The fourth-order valence-electron chi connectivity index (χ4n) is 4.92. The lowest BCUT2D eigenvalue weighted by Crippen LogP contribution is -2.34. The monoisotopic (exact) mass is 408 g/mol. The van der Waals surface area contributed by atoms with Crippen LogP contribution in [0.4, 0.5) is 0 Å². The quantitative estimate of drug-likeness (QED) is 0.691. The predicted molar refractivity (Wildman–Crippen MR) is 117 cm³/mol. The van der Waals surface area contributed by atoms with Crippen molar-refractivity contribution in [3.63, 3.8) is 0 Å². The molecule has 2 aliphatic carbocycles. The van der Waals surface area contributed by atoms with Crippen molar-refractivity contribution in [3.05, 3.63) is 57.2 Å². The summed E-state index contributed by atoms with van der Waals surface area (Å²) >= 11 is 1.72. The van der Waals surface area contributed by atoms with Gasteiger partial charge in [-0.05, 0) is 55.2 Å². The summed E-state index contributed by atoms with van der Waals surface area (Å²) in [6.07, 6.45) is 15.0. The first-order valence-corrected chi connectivity index (χ1v) is 11.7. The van der Waals surface area contributed by atoms with E-state index in [-0.39, 0.29) is 5.56 Å². The van der Waals surface area contributed by atoms with Gasteiger partial charge in [0.2, 0.25) is 0 Å². The van der Waals surface area contributed by atoms with Crippen molar-refractivity contribution < 1.29 is 0 Å². The number of nitrogens with zero attached hydrogens (tertiary/aromatic N) is 3. The molecule has 0 saturated heterocycles. The van der Waals surface area contributed by atoms with Crippen LogP contribution in [0.15, 0.2) is 35.6 Å². The van der Waals surface area contributed by atoms with Crippen molar-refractivity contribution in [2.24, 2.45) is 5.92 Å². The normalized spacial score (nSPS) is 20.1. The van der Waals surface area contributed by atoms with Crippen LogP contribution in [-0.2, 0) is 25.9 Å². The summed E-state index contributed by atoms with van der Waals surface area (Å²) in [5, 5.41) is 4.56. The molecule has 1 N–H and O–H groups in total. The largest absolute Gasteiger partial charge is 0.309 e. The number of thiophene rings is 1. The second-order valence-electron chi connectivity index (χ2n) is 8.57. The molecular formula is C23H28N4OS. The molecule has 1 unspecified atom stereocenters. The Bertz CT molecular complexity index is 1040. The average molecular weight is 409 g/mol. The van der Waals surface area contributed by atoms with Gasteiger partial charge < -0.3 is 5.32 Å². The minimum absolute atomic E-state index is 0.180. The Balaban J connectivity index is 1.34. The van der Waals surface area contributed by atoms with Crippen molar-refractivity contribution in [2.75, 3.05) is 0 Å². The standard InChI is InChI=1S/C23H28N4OS/c28-23-21-19-9-8-18(25-13-17-7-4-10-24-12-17)11-20(19)29-22(21)26-15-27(23)14-16-5-2-1-3-6-16/h4,7,10,12,15-16,18,25H,1-3,5-6,8-9,11,13-14H2. The van der Waals surface area contributed by atoms with Gasteiger partial charge in [-0.3, -0.25) is 14.3 Å². The Morgan fingerprint density at radius 2 is 2.10 bits per heavy atom. The molecule has 0 amide bonds. The molecule has 6 heteroatoms. The average Bonchev–Trinajstić information content (AvgIpc) is 3.14. The minimum Gasteiger partial charge on any atom is -0.309 e. The molecule has 0 bridgehead atoms. The maximum Gasteiger partial charge on any atom is 0.262 e. The van der Waals surface area contributed by atoms with E-state index in [2.05, 4.69) is 21.4 Å². The highest BCUT2D eigenvalue weighted by Crippen LogP contribution is 2.34. The van der Waals surface area contributed by atoms with Crippen molar-refractivity contribution in [1.82, 2.24) is 19.9 Å². The SMILES string of the molecule is O=c1c2c3c(sc2ncn1CC1CCCCC1)CC(NCc1cccnc1)CC3. The molecule has 1 saturated carbocycles. The summed E-state index contributed by atoms with van der Waals surface area (Å²) in [6.45, 7) is 1.67.